The molecule has 1 unspecified atom stereocenters. The molecule has 2 amide bonds. The molecule has 4 N–H and O–H groups in total. The van der Waals surface area contributed by atoms with Crippen LogP contribution in [0.25, 0.3) is 0 Å². The molecule has 5 heteroatoms. The van der Waals surface area contributed by atoms with Crippen molar-refractivity contribution in [3.8, 4) is 0 Å². The Balaban J connectivity index is 2.77. The van der Waals surface area contributed by atoms with Crippen LogP contribution < -0.4 is 11.1 Å². The number of amidine groups is 1. The summed E-state index contributed by atoms with van der Waals surface area (Å²) in [6.45, 7) is 0. The Labute approximate surface area is 52.3 Å². The van der Waals surface area contributed by atoms with E-state index in [0.29, 0.717) is 0 Å². The van der Waals surface area contributed by atoms with E-state index in [-0.39, 0.29) is 11.9 Å². The lowest BCUT2D eigenvalue weighted by molar-refractivity contribution is 0.232. The Morgan fingerprint density at radius 2 is 2.44 bits per heavy atom. The van der Waals surface area contributed by atoms with E-state index in [4.69, 9.17) is 11.1 Å². The van der Waals surface area contributed by atoms with Gasteiger partial charge in [0.05, 0.1) is 0 Å². The summed E-state index contributed by atoms with van der Waals surface area (Å²) in [7, 11) is 1.50. The van der Waals surface area contributed by atoms with Crippen LogP contribution in [-0.2, 0) is 0 Å². The highest BCUT2D eigenvalue weighted by Gasteiger charge is 2.28. The molecule has 1 aliphatic heterocycles. The zero-order valence-electron chi connectivity index (χ0n) is 5.01. The fourth-order valence-electron chi connectivity index (χ4n) is 0.616. The van der Waals surface area contributed by atoms with Gasteiger partial charge >= 0.3 is 6.03 Å². The number of nitrogens with zero attached hydrogens (tertiary/aromatic N) is 1. The minimum atomic E-state index is -0.623. The van der Waals surface area contributed by atoms with E-state index in [1.54, 1.807) is 0 Å². The molecule has 0 aromatic heterocycles. The number of likely N-dealkylation sites (N-methyl/N-ethyl adjacent to an activating group) is 1. The van der Waals surface area contributed by atoms with Crippen LogP contribution in [0.4, 0.5) is 4.79 Å². The number of urea groups is 1. The Bertz CT molecular complexity index is 166. The first-order valence-corrected chi connectivity index (χ1v) is 2.51. The molecule has 1 saturated heterocycles. The predicted octanol–water partition coefficient (Wildman–Crippen LogP) is -1.10. The molecule has 50 valence electrons. The lowest BCUT2D eigenvalue weighted by Crippen LogP contribution is -2.37. The number of hydrogen-bond acceptors (Lipinski definition) is 3. The predicted molar refractivity (Wildman–Crippen MR) is 32.0 cm³/mol. The molecule has 0 aromatic carbocycles. The van der Waals surface area contributed by atoms with E-state index >= 15 is 0 Å². The number of nitrogens with one attached hydrogen (secondary N) is 2. The Hall–Kier alpha value is -1.10. The van der Waals surface area contributed by atoms with Gasteiger partial charge in [0.2, 0.25) is 0 Å². The summed E-state index contributed by atoms with van der Waals surface area (Å²) in [6.07, 6.45) is -0.623. The van der Waals surface area contributed by atoms with Crippen molar-refractivity contribution in [3.63, 3.8) is 0 Å². The van der Waals surface area contributed by atoms with Crippen LogP contribution in [0.1, 0.15) is 0 Å². The monoisotopic (exact) mass is 128 g/mol. The molecule has 0 saturated carbocycles. The highest BCUT2D eigenvalue weighted by molar-refractivity contribution is 6.04. The van der Waals surface area contributed by atoms with Gasteiger partial charge in [0.1, 0.15) is 12.0 Å². The lowest BCUT2D eigenvalue weighted by atomic mass is 10.5. The quantitative estimate of drug-likeness (QED) is 0.387. The van der Waals surface area contributed by atoms with Gasteiger partial charge in [-0.05, 0) is 0 Å². The number of amides is 2. The van der Waals surface area contributed by atoms with Crippen molar-refractivity contribution in [2.75, 3.05) is 7.05 Å². The average molecular weight is 128 g/mol. The number of nitrogens with two attached hydrogens (primary N) is 1. The molecule has 0 bridgehead atoms. The number of carbonyl (C=O) groups is 1. The molecule has 1 heterocycles. The van der Waals surface area contributed by atoms with E-state index in [1.165, 1.54) is 11.9 Å². The van der Waals surface area contributed by atoms with Crippen LogP contribution in [0.15, 0.2) is 0 Å². The van der Waals surface area contributed by atoms with Crippen molar-refractivity contribution in [2.24, 2.45) is 5.73 Å². The summed E-state index contributed by atoms with van der Waals surface area (Å²) >= 11 is 0. The van der Waals surface area contributed by atoms with Crippen molar-refractivity contribution in [2.45, 2.75) is 6.17 Å². The molecular weight excluding hydrogens is 120 g/mol. The SMILES string of the molecule is CN1C(=N)C(N)NC1=O. The molecule has 1 atom stereocenters. The van der Waals surface area contributed by atoms with Crippen LogP contribution in [0, 0.1) is 5.41 Å². The molecule has 9 heavy (non-hydrogen) atoms. The summed E-state index contributed by atoms with van der Waals surface area (Å²) in [5, 5.41) is 9.47. The fourth-order valence-corrected chi connectivity index (χ4v) is 0.616. The summed E-state index contributed by atoms with van der Waals surface area (Å²) < 4.78 is 0. The molecular formula is C4H8N4O. The smallest absolute Gasteiger partial charge is 0.315 e. The van der Waals surface area contributed by atoms with Gasteiger partial charge in [-0.15, -0.1) is 0 Å². The fraction of sp³-hybridized carbons (Fsp3) is 0.500. The molecule has 0 aliphatic carbocycles. The van der Waals surface area contributed by atoms with Crippen molar-refractivity contribution in [3.05, 3.63) is 0 Å². The lowest BCUT2D eigenvalue weighted by Gasteiger charge is -2.04. The van der Waals surface area contributed by atoms with E-state index in [0.717, 1.165) is 0 Å². The molecule has 0 radical (unpaired) electrons. The second-order valence-corrected chi connectivity index (χ2v) is 1.87. The van der Waals surface area contributed by atoms with Gasteiger partial charge in [0, 0.05) is 7.05 Å². The van der Waals surface area contributed by atoms with Crippen molar-refractivity contribution >= 4 is 11.9 Å². The first kappa shape index (κ1) is 6.03. The minimum Gasteiger partial charge on any atom is -0.315 e. The second-order valence-electron chi connectivity index (χ2n) is 1.87. The first-order chi connectivity index (χ1) is 4.13. The maximum absolute atomic E-state index is 10.6. The summed E-state index contributed by atoms with van der Waals surface area (Å²) in [4.78, 5) is 11.8. The van der Waals surface area contributed by atoms with Gasteiger partial charge in [-0.25, -0.2) is 4.79 Å². The van der Waals surface area contributed by atoms with Crippen LogP contribution in [0.2, 0.25) is 0 Å². The van der Waals surface area contributed by atoms with Crippen molar-refractivity contribution in [1.82, 2.24) is 10.2 Å². The van der Waals surface area contributed by atoms with E-state index in [9.17, 15) is 4.79 Å². The Morgan fingerprint density at radius 1 is 1.89 bits per heavy atom. The van der Waals surface area contributed by atoms with Gasteiger partial charge in [0.25, 0.3) is 0 Å². The third-order valence-corrected chi connectivity index (χ3v) is 1.24. The highest BCUT2D eigenvalue weighted by atomic mass is 16.2. The number of hydrogen-bond donors (Lipinski definition) is 3. The number of rotatable bonds is 0. The maximum atomic E-state index is 10.6. The number of carbonyl (C=O) groups excluding carboxylic acids is 1. The molecule has 5 nitrogen and oxygen atoms in total. The zero-order chi connectivity index (χ0) is 7.02. The third-order valence-electron chi connectivity index (χ3n) is 1.24. The van der Waals surface area contributed by atoms with Gasteiger partial charge in [0.15, 0.2) is 0 Å². The normalized spacial score (nSPS) is 26.9. The van der Waals surface area contributed by atoms with Gasteiger partial charge in [-0.2, -0.15) is 0 Å². The zero-order valence-corrected chi connectivity index (χ0v) is 5.01. The standard InChI is InChI=1S/C4H8N4O/c1-8-3(6)2(5)7-4(8)9/h2,6H,5H2,1H3,(H,7,9). The first-order valence-electron chi connectivity index (χ1n) is 2.51. The van der Waals surface area contributed by atoms with Crippen LogP contribution in [-0.4, -0.2) is 30.0 Å². The van der Waals surface area contributed by atoms with E-state index < -0.39 is 6.17 Å². The van der Waals surface area contributed by atoms with Gasteiger partial charge in [-0.1, -0.05) is 0 Å². The second kappa shape index (κ2) is 1.70. The van der Waals surface area contributed by atoms with Crippen molar-refractivity contribution in [1.29, 1.82) is 5.41 Å². The van der Waals surface area contributed by atoms with Gasteiger partial charge < -0.3 is 11.1 Å². The topological polar surface area (TPSA) is 82.2 Å². The van der Waals surface area contributed by atoms with Crippen LogP contribution in [0.5, 0.6) is 0 Å². The molecule has 1 aliphatic rings. The summed E-state index contributed by atoms with van der Waals surface area (Å²) in [6, 6.07) is -0.312. The Morgan fingerprint density at radius 3 is 2.56 bits per heavy atom. The molecule has 0 aromatic rings. The third kappa shape index (κ3) is 0.746. The van der Waals surface area contributed by atoms with Crippen molar-refractivity contribution < 1.29 is 4.79 Å². The highest BCUT2D eigenvalue weighted by Crippen LogP contribution is 1.97. The largest absolute Gasteiger partial charge is 0.324 e. The molecule has 1 rings (SSSR count). The average Bonchev–Trinajstić information content (AvgIpc) is 1.98. The minimum absolute atomic E-state index is 0.111. The summed E-state index contributed by atoms with van der Waals surface area (Å²) in [5.41, 5.74) is 5.26. The summed E-state index contributed by atoms with van der Waals surface area (Å²) in [5.74, 6) is 0.111. The maximum Gasteiger partial charge on any atom is 0.324 e. The van der Waals surface area contributed by atoms with Gasteiger partial charge in [-0.3, -0.25) is 10.3 Å². The van der Waals surface area contributed by atoms with E-state index in [1.807, 2.05) is 0 Å². The van der Waals surface area contributed by atoms with Crippen LogP contribution >= 0.6 is 0 Å². The molecule has 0 spiro atoms. The van der Waals surface area contributed by atoms with E-state index in [2.05, 4.69) is 5.32 Å². The molecule has 1 fully saturated rings. The Kier molecular flexibility index (Phi) is 1.14. The van der Waals surface area contributed by atoms with Crippen LogP contribution in [0.3, 0.4) is 0 Å².